The molecule has 1 atom stereocenters. The van der Waals surface area contributed by atoms with Crippen molar-refractivity contribution in [2.75, 3.05) is 0 Å². The summed E-state index contributed by atoms with van der Waals surface area (Å²) in [5.41, 5.74) is 0.244. The van der Waals surface area contributed by atoms with Gasteiger partial charge in [-0.25, -0.2) is 0 Å². The number of carbonyl (C=O) groups is 2. The SMILES string of the molecule is CCCCCCCC(O)C1=CC(=O)C=CC1=O. The van der Waals surface area contributed by atoms with Gasteiger partial charge in [-0.05, 0) is 24.6 Å². The molecule has 0 amide bonds. The van der Waals surface area contributed by atoms with Crippen LogP contribution in [0.2, 0.25) is 0 Å². The Kier molecular flexibility index (Phi) is 5.84. The third-order valence-corrected chi connectivity index (χ3v) is 2.92. The Morgan fingerprint density at radius 1 is 1.12 bits per heavy atom. The highest BCUT2D eigenvalue weighted by Crippen LogP contribution is 2.16. The Labute approximate surface area is 102 Å². The smallest absolute Gasteiger partial charge is 0.184 e. The van der Waals surface area contributed by atoms with Crippen LogP contribution in [0.1, 0.15) is 45.4 Å². The molecule has 0 saturated carbocycles. The molecule has 1 aliphatic rings. The highest BCUT2D eigenvalue weighted by Gasteiger charge is 2.20. The molecule has 0 saturated heterocycles. The molecule has 0 aromatic heterocycles. The molecule has 1 aliphatic carbocycles. The van der Waals surface area contributed by atoms with Gasteiger partial charge in [0.1, 0.15) is 0 Å². The summed E-state index contributed by atoms with van der Waals surface area (Å²) in [7, 11) is 0. The third-order valence-electron chi connectivity index (χ3n) is 2.92. The Morgan fingerprint density at radius 2 is 1.82 bits per heavy atom. The highest BCUT2D eigenvalue weighted by atomic mass is 16.3. The first-order valence-corrected chi connectivity index (χ1v) is 6.31. The lowest BCUT2D eigenvalue weighted by molar-refractivity contribution is -0.115. The predicted octanol–water partition coefficient (Wildman–Crippen LogP) is 2.34. The van der Waals surface area contributed by atoms with Crippen LogP contribution in [0.4, 0.5) is 0 Å². The molecular formula is C14H20O3. The molecule has 1 unspecified atom stereocenters. The number of hydrogen-bond acceptors (Lipinski definition) is 3. The topological polar surface area (TPSA) is 54.4 Å². The van der Waals surface area contributed by atoms with E-state index in [1.54, 1.807) is 0 Å². The molecule has 0 radical (unpaired) electrons. The first kappa shape index (κ1) is 13.8. The molecule has 0 bridgehead atoms. The van der Waals surface area contributed by atoms with E-state index in [1.807, 2.05) is 0 Å². The van der Waals surface area contributed by atoms with Gasteiger partial charge in [0.2, 0.25) is 0 Å². The van der Waals surface area contributed by atoms with E-state index < -0.39 is 6.10 Å². The van der Waals surface area contributed by atoms with Crippen molar-refractivity contribution >= 4 is 11.6 Å². The number of aliphatic hydroxyl groups excluding tert-OH is 1. The summed E-state index contributed by atoms with van der Waals surface area (Å²) in [6, 6.07) is 0. The van der Waals surface area contributed by atoms with Crippen molar-refractivity contribution in [3.8, 4) is 0 Å². The van der Waals surface area contributed by atoms with E-state index in [2.05, 4.69) is 6.92 Å². The number of ketones is 2. The Hall–Kier alpha value is -1.22. The number of allylic oxidation sites excluding steroid dienone is 3. The maximum Gasteiger partial charge on any atom is 0.184 e. The maximum atomic E-state index is 11.4. The van der Waals surface area contributed by atoms with Gasteiger partial charge in [-0.1, -0.05) is 39.0 Å². The molecule has 0 spiro atoms. The predicted molar refractivity (Wildman–Crippen MR) is 66.6 cm³/mol. The molecular weight excluding hydrogens is 216 g/mol. The fourth-order valence-electron chi connectivity index (χ4n) is 1.88. The van der Waals surface area contributed by atoms with Crippen molar-refractivity contribution in [1.29, 1.82) is 0 Å². The zero-order valence-corrected chi connectivity index (χ0v) is 10.3. The summed E-state index contributed by atoms with van der Waals surface area (Å²) in [5, 5.41) is 9.84. The Morgan fingerprint density at radius 3 is 2.53 bits per heavy atom. The van der Waals surface area contributed by atoms with Gasteiger partial charge in [-0.2, -0.15) is 0 Å². The number of hydrogen-bond donors (Lipinski definition) is 1. The van der Waals surface area contributed by atoms with Gasteiger partial charge >= 0.3 is 0 Å². The highest BCUT2D eigenvalue weighted by molar-refractivity contribution is 6.17. The van der Waals surface area contributed by atoms with Gasteiger partial charge in [0, 0.05) is 5.57 Å². The Bertz CT molecular complexity index is 339. The summed E-state index contributed by atoms with van der Waals surface area (Å²) in [5.74, 6) is -0.463. The molecule has 0 aliphatic heterocycles. The first-order chi connectivity index (χ1) is 8.15. The summed E-state index contributed by atoms with van der Waals surface area (Å²) in [4.78, 5) is 22.6. The van der Waals surface area contributed by atoms with E-state index in [0.717, 1.165) is 19.3 Å². The molecule has 94 valence electrons. The molecule has 0 aromatic rings. The van der Waals surface area contributed by atoms with E-state index in [4.69, 9.17) is 0 Å². The lowest BCUT2D eigenvalue weighted by atomic mass is 9.95. The van der Waals surface area contributed by atoms with Gasteiger partial charge in [-0.15, -0.1) is 0 Å². The fourth-order valence-corrected chi connectivity index (χ4v) is 1.88. The molecule has 0 heterocycles. The van der Waals surface area contributed by atoms with Crippen molar-refractivity contribution in [2.24, 2.45) is 0 Å². The summed E-state index contributed by atoms with van der Waals surface area (Å²) < 4.78 is 0. The standard InChI is InChI=1S/C14H20O3/c1-2-3-4-5-6-7-13(16)12-10-11(15)8-9-14(12)17/h8-10,13,16H,2-7H2,1H3. The maximum absolute atomic E-state index is 11.4. The van der Waals surface area contributed by atoms with Gasteiger partial charge in [0.15, 0.2) is 11.6 Å². The fraction of sp³-hybridized carbons (Fsp3) is 0.571. The van der Waals surface area contributed by atoms with Crippen LogP contribution in [0.5, 0.6) is 0 Å². The van der Waals surface area contributed by atoms with E-state index >= 15 is 0 Å². The van der Waals surface area contributed by atoms with Crippen molar-refractivity contribution in [2.45, 2.75) is 51.6 Å². The van der Waals surface area contributed by atoms with E-state index in [-0.39, 0.29) is 17.1 Å². The van der Waals surface area contributed by atoms with E-state index in [0.29, 0.717) is 6.42 Å². The van der Waals surface area contributed by atoms with Crippen LogP contribution in [0.15, 0.2) is 23.8 Å². The largest absolute Gasteiger partial charge is 0.388 e. The normalized spacial score (nSPS) is 17.2. The number of aliphatic hydroxyl groups is 1. The third kappa shape index (κ3) is 4.65. The van der Waals surface area contributed by atoms with Crippen molar-refractivity contribution in [1.82, 2.24) is 0 Å². The summed E-state index contributed by atoms with van der Waals surface area (Å²) >= 11 is 0. The quantitative estimate of drug-likeness (QED) is 0.545. The van der Waals surface area contributed by atoms with Crippen LogP contribution in [0, 0.1) is 0 Å². The van der Waals surface area contributed by atoms with Crippen LogP contribution in [0.3, 0.4) is 0 Å². The number of rotatable bonds is 7. The van der Waals surface area contributed by atoms with Gasteiger partial charge < -0.3 is 5.11 Å². The molecule has 3 heteroatoms. The van der Waals surface area contributed by atoms with Crippen molar-refractivity contribution in [3.63, 3.8) is 0 Å². The summed E-state index contributed by atoms with van der Waals surface area (Å²) in [6.45, 7) is 2.15. The lowest BCUT2D eigenvalue weighted by Gasteiger charge is -2.14. The van der Waals surface area contributed by atoms with Gasteiger partial charge in [-0.3, -0.25) is 9.59 Å². The minimum Gasteiger partial charge on any atom is -0.388 e. The molecule has 0 aromatic carbocycles. The van der Waals surface area contributed by atoms with Gasteiger partial charge in [0.05, 0.1) is 6.10 Å². The minimum atomic E-state index is -0.793. The van der Waals surface area contributed by atoms with E-state index in [9.17, 15) is 14.7 Å². The first-order valence-electron chi connectivity index (χ1n) is 6.31. The molecule has 3 nitrogen and oxygen atoms in total. The molecule has 0 fully saturated rings. The average molecular weight is 236 g/mol. The van der Waals surface area contributed by atoms with E-state index in [1.165, 1.54) is 31.1 Å². The molecule has 1 N–H and O–H groups in total. The van der Waals surface area contributed by atoms with Gasteiger partial charge in [0.25, 0.3) is 0 Å². The molecule has 1 rings (SSSR count). The molecule has 17 heavy (non-hydrogen) atoms. The van der Waals surface area contributed by atoms with Crippen molar-refractivity contribution < 1.29 is 14.7 Å². The average Bonchev–Trinajstić information content (AvgIpc) is 2.32. The van der Waals surface area contributed by atoms with Crippen LogP contribution >= 0.6 is 0 Å². The monoisotopic (exact) mass is 236 g/mol. The van der Waals surface area contributed by atoms with Crippen LogP contribution in [0.25, 0.3) is 0 Å². The number of unbranched alkanes of at least 4 members (excludes halogenated alkanes) is 4. The number of carbonyl (C=O) groups excluding carboxylic acids is 2. The summed E-state index contributed by atoms with van der Waals surface area (Å²) in [6.07, 6.45) is 9.00. The zero-order chi connectivity index (χ0) is 12.7. The van der Waals surface area contributed by atoms with Crippen LogP contribution in [-0.2, 0) is 9.59 Å². The second-order valence-corrected chi connectivity index (χ2v) is 4.42. The second-order valence-electron chi connectivity index (χ2n) is 4.42. The van der Waals surface area contributed by atoms with Crippen LogP contribution in [-0.4, -0.2) is 22.8 Å². The minimum absolute atomic E-state index is 0.218. The van der Waals surface area contributed by atoms with Crippen molar-refractivity contribution in [3.05, 3.63) is 23.8 Å². The second kappa shape index (κ2) is 7.17. The zero-order valence-electron chi connectivity index (χ0n) is 10.3. The van der Waals surface area contributed by atoms with Crippen LogP contribution < -0.4 is 0 Å². The lowest BCUT2D eigenvalue weighted by Crippen LogP contribution is -2.20. The Balaban J connectivity index is 2.34.